The predicted molar refractivity (Wildman–Crippen MR) is 59.6 cm³/mol. The van der Waals surface area contributed by atoms with Crippen LogP contribution in [0.2, 0.25) is 0 Å². The van der Waals surface area contributed by atoms with Gasteiger partial charge in [-0.25, -0.2) is 0 Å². The molecular weight excluding hydrogens is 188 g/mol. The summed E-state index contributed by atoms with van der Waals surface area (Å²) in [5.41, 5.74) is 9.26. The molecule has 0 unspecified atom stereocenters. The molecule has 0 saturated carbocycles. The fourth-order valence-electron chi connectivity index (χ4n) is 2.44. The number of nitrogens with two attached hydrogens (primary N) is 1. The van der Waals surface area contributed by atoms with Crippen LogP contribution >= 0.6 is 0 Å². The van der Waals surface area contributed by atoms with E-state index in [1.54, 1.807) is 0 Å². The van der Waals surface area contributed by atoms with Crippen molar-refractivity contribution in [1.82, 2.24) is 4.98 Å². The van der Waals surface area contributed by atoms with E-state index in [0.29, 0.717) is 0 Å². The zero-order chi connectivity index (χ0) is 10.4. The van der Waals surface area contributed by atoms with Crippen molar-refractivity contribution in [3.8, 4) is 0 Å². The lowest BCUT2D eigenvalue weighted by Crippen LogP contribution is -2.27. The number of aliphatic hydroxyl groups is 1. The zero-order valence-corrected chi connectivity index (χ0v) is 8.40. The molecule has 78 valence electrons. The van der Waals surface area contributed by atoms with Crippen LogP contribution in [0.15, 0.2) is 24.4 Å². The number of aryl methyl sites for hydroxylation is 1. The number of nitrogens with one attached hydrogen (secondary N) is 1. The minimum absolute atomic E-state index is 0.150. The van der Waals surface area contributed by atoms with Gasteiger partial charge in [-0.1, -0.05) is 12.1 Å². The van der Waals surface area contributed by atoms with Crippen LogP contribution in [0.3, 0.4) is 0 Å². The minimum Gasteiger partial charge on any atom is -0.387 e. The summed E-state index contributed by atoms with van der Waals surface area (Å²) < 4.78 is 0. The highest BCUT2D eigenvalue weighted by atomic mass is 16.3. The molecule has 1 aliphatic rings. The van der Waals surface area contributed by atoms with Crippen molar-refractivity contribution in [2.75, 3.05) is 0 Å². The van der Waals surface area contributed by atoms with Crippen LogP contribution in [0.5, 0.6) is 0 Å². The van der Waals surface area contributed by atoms with Crippen LogP contribution in [0.4, 0.5) is 0 Å². The summed E-state index contributed by atoms with van der Waals surface area (Å²) in [5.74, 6) is 0. The van der Waals surface area contributed by atoms with Crippen molar-refractivity contribution in [2.45, 2.75) is 25.0 Å². The summed E-state index contributed by atoms with van der Waals surface area (Å²) in [6.45, 7) is 0. The Morgan fingerprint density at radius 2 is 2.27 bits per heavy atom. The first-order valence-electron chi connectivity index (χ1n) is 5.30. The topological polar surface area (TPSA) is 62.0 Å². The highest BCUT2D eigenvalue weighted by Gasteiger charge is 2.24. The molecule has 3 nitrogen and oxygen atoms in total. The van der Waals surface area contributed by atoms with E-state index in [1.807, 2.05) is 24.4 Å². The van der Waals surface area contributed by atoms with Crippen LogP contribution in [0.25, 0.3) is 10.9 Å². The van der Waals surface area contributed by atoms with Crippen molar-refractivity contribution in [1.29, 1.82) is 0 Å². The molecular formula is C12H14N2O. The summed E-state index contributed by atoms with van der Waals surface area (Å²) in [4.78, 5) is 3.23. The molecule has 1 heterocycles. The minimum atomic E-state index is -0.536. The summed E-state index contributed by atoms with van der Waals surface area (Å²) in [6.07, 6.45) is 3.27. The monoisotopic (exact) mass is 202 g/mol. The molecule has 1 aromatic heterocycles. The molecule has 4 N–H and O–H groups in total. The number of benzene rings is 1. The lowest BCUT2D eigenvalue weighted by atomic mass is 10.0. The maximum absolute atomic E-state index is 10.1. The van der Waals surface area contributed by atoms with E-state index >= 15 is 0 Å². The van der Waals surface area contributed by atoms with Crippen molar-refractivity contribution >= 4 is 10.9 Å². The molecule has 3 heteroatoms. The summed E-state index contributed by atoms with van der Waals surface area (Å²) in [7, 11) is 0. The van der Waals surface area contributed by atoms with Gasteiger partial charge in [0.25, 0.3) is 0 Å². The van der Waals surface area contributed by atoms with Crippen LogP contribution in [0.1, 0.15) is 23.7 Å². The SMILES string of the molecule is N[C@H]1CCc2c[nH]c3cccc(c23)[C@@H]1O. The van der Waals surface area contributed by atoms with Gasteiger partial charge < -0.3 is 15.8 Å². The Balaban J connectivity index is 2.33. The Hall–Kier alpha value is -1.32. The number of hydrogen-bond donors (Lipinski definition) is 3. The number of hydrogen-bond acceptors (Lipinski definition) is 2. The van der Waals surface area contributed by atoms with E-state index in [4.69, 9.17) is 5.73 Å². The van der Waals surface area contributed by atoms with E-state index < -0.39 is 6.10 Å². The van der Waals surface area contributed by atoms with Crippen LogP contribution < -0.4 is 5.73 Å². The first-order valence-corrected chi connectivity index (χ1v) is 5.30. The molecule has 0 saturated heterocycles. The van der Waals surface area contributed by atoms with Crippen LogP contribution in [0, 0.1) is 0 Å². The Labute approximate surface area is 87.9 Å². The molecule has 3 rings (SSSR count). The quantitative estimate of drug-likeness (QED) is 0.606. The second-order valence-electron chi connectivity index (χ2n) is 4.23. The standard InChI is InChI=1S/C12H14N2O/c13-9-5-4-7-6-14-10-3-1-2-8(11(7)10)12(9)15/h1-3,6,9,12,14-15H,4-5,13H2/t9-,12-/m0/s1. The third-order valence-electron chi connectivity index (χ3n) is 3.29. The predicted octanol–water partition coefficient (Wildman–Crippen LogP) is 1.47. The van der Waals surface area contributed by atoms with Crippen molar-refractivity contribution in [3.05, 3.63) is 35.5 Å². The molecule has 1 aromatic carbocycles. The molecule has 0 bridgehead atoms. The molecule has 1 aliphatic carbocycles. The molecule has 0 fully saturated rings. The maximum atomic E-state index is 10.1. The molecule has 0 aliphatic heterocycles. The van der Waals surface area contributed by atoms with Crippen LogP contribution in [-0.4, -0.2) is 16.1 Å². The molecule has 0 spiro atoms. The zero-order valence-electron chi connectivity index (χ0n) is 8.40. The number of aromatic nitrogens is 1. The second kappa shape index (κ2) is 3.08. The van der Waals surface area contributed by atoms with Crippen molar-refractivity contribution < 1.29 is 5.11 Å². The van der Waals surface area contributed by atoms with Gasteiger partial charge in [-0.3, -0.25) is 0 Å². The Bertz CT molecular complexity index is 503. The summed E-state index contributed by atoms with van der Waals surface area (Å²) in [5, 5.41) is 11.3. The van der Waals surface area contributed by atoms with Gasteiger partial charge in [0.15, 0.2) is 0 Å². The van der Waals surface area contributed by atoms with Gasteiger partial charge in [0, 0.05) is 23.1 Å². The van der Waals surface area contributed by atoms with E-state index in [2.05, 4.69) is 4.98 Å². The highest BCUT2D eigenvalue weighted by Crippen LogP contribution is 2.33. The average Bonchev–Trinajstić information content (AvgIpc) is 2.62. The Morgan fingerprint density at radius 1 is 1.40 bits per heavy atom. The average molecular weight is 202 g/mol. The summed E-state index contributed by atoms with van der Waals surface area (Å²) in [6, 6.07) is 5.81. The third-order valence-corrected chi connectivity index (χ3v) is 3.29. The van der Waals surface area contributed by atoms with Gasteiger partial charge in [-0.05, 0) is 30.0 Å². The third kappa shape index (κ3) is 1.20. The smallest absolute Gasteiger partial charge is 0.0947 e. The molecule has 15 heavy (non-hydrogen) atoms. The number of H-pyrrole nitrogens is 1. The Morgan fingerprint density at radius 3 is 3.13 bits per heavy atom. The molecule has 0 radical (unpaired) electrons. The summed E-state index contributed by atoms with van der Waals surface area (Å²) >= 11 is 0. The van der Waals surface area contributed by atoms with E-state index in [0.717, 1.165) is 29.3 Å². The van der Waals surface area contributed by atoms with Gasteiger partial charge >= 0.3 is 0 Å². The largest absolute Gasteiger partial charge is 0.387 e. The molecule has 2 aromatic rings. The fraction of sp³-hybridized carbons (Fsp3) is 0.333. The van der Waals surface area contributed by atoms with E-state index in [9.17, 15) is 5.11 Å². The van der Waals surface area contributed by atoms with Crippen LogP contribution in [-0.2, 0) is 6.42 Å². The fourth-order valence-corrected chi connectivity index (χ4v) is 2.44. The van der Waals surface area contributed by atoms with Crippen molar-refractivity contribution in [2.24, 2.45) is 5.73 Å². The number of aromatic amines is 1. The lowest BCUT2D eigenvalue weighted by Gasteiger charge is -2.16. The van der Waals surface area contributed by atoms with Crippen molar-refractivity contribution in [3.63, 3.8) is 0 Å². The van der Waals surface area contributed by atoms with Gasteiger partial charge in [0.2, 0.25) is 0 Å². The van der Waals surface area contributed by atoms with Gasteiger partial charge in [0.1, 0.15) is 0 Å². The van der Waals surface area contributed by atoms with E-state index in [1.165, 1.54) is 5.56 Å². The number of aliphatic hydroxyl groups excluding tert-OH is 1. The first-order chi connectivity index (χ1) is 7.27. The molecule has 0 amide bonds. The van der Waals surface area contributed by atoms with Gasteiger partial charge in [-0.15, -0.1) is 0 Å². The highest BCUT2D eigenvalue weighted by molar-refractivity contribution is 5.87. The lowest BCUT2D eigenvalue weighted by molar-refractivity contribution is 0.145. The number of rotatable bonds is 0. The first kappa shape index (κ1) is 8.95. The maximum Gasteiger partial charge on any atom is 0.0947 e. The molecule has 2 atom stereocenters. The Kier molecular flexibility index (Phi) is 1.84. The van der Waals surface area contributed by atoms with Gasteiger partial charge in [-0.2, -0.15) is 0 Å². The second-order valence-corrected chi connectivity index (χ2v) is 4.23. The normalized spacial score (nSPS) is 25.5. The van der Waals surface area contributed by atoms with E-state index in [-0.39, 0.29) is 6.04 Å². The van der Waals surface area contributed by atoms with Gasteiger partial charge in [0.05, 0.1) is 6.10 Å².